The van der Waals surface area contributed by atoms with E-state index in [9.17, 15) is 4.79 Å². The average molecular weight is 260 g/mol. The Morgan fingerprint density at radius 1 is 1.50 bits per heavy atom. The highest BCUT2D eigenvalue weighted by Crippen LogP contribution is 2.21. The summed E-state index contributed by atoms with van der Waals surface area (Å²) >= 11 is 1.75. The number of thiophene rings is 1. The molecule has 0 radical (unpaired) electrons. The number of aryl methyl sites for hydroxylation is 3. The Kier molecular flexibility index (Phi) is 3.77. The van der Waals surface area contributed by atoms with E-state index in [1.165, 1.54) is 9.75 Å². The zero-order valence-electron chi connectivity index (χ0n) is 10.8. The molecule has 3 nitrogen and oxygen atoms in total. The van der Waals surface area contributed by atoms with Crippen LogP contribution >= 0.6 is 11.3 Å². The van der Waals surface area contributed by atoms with Crippen molar-refractivity contribution in [2.75, 3.05) is 0 Å². The van der Waals surface area contributed by atoms with Gasteiger partial charge in [-0.05, 0) is 50.6 Å². The van der Waals surface area contributed by atoms with E-state index in [2.05, 4.69) is 25.0 Å². The third-order valence-corrected chi connectivity index (χ3v) is 3.74. The summed E-state index contributed by atoms with van der Waals surface area (Å²) in [7, 11) is 0. The quantitative estimate of drug-likeness (QED) is 0.623. The molecule has 2 rings (SSSR count). The van der Waals surface area contributed by atoms with Crippen LogP contribution in [-0.2, 0) is 6.54 Å². The number of allylic oxidation sites excluding steroid dienone is 1. The summed E-state index contributed by atoms with van der Waals surface area (Å²) in [5, 5.41) is 4.10. The van der Waals surface area contributed by atoms with E-state index >= 15 is 0 Å². The van der Waals surface area contributed by atoms with Gasteiger partial charge in [0.1, 0.15) is 5.69 Å². The Labute approximate surface area is 111 Å². The number of hydrogen-bond donors (Lipinski definition) is 0. The van der Waals surface area contributed by atoms with Gasteiger partial charge in [-0.15, -0.1) is 11.3 Å². The molecule has 0 aliphatic heterocycles. The molecule has 2 aromatic rings. The highest BCUT2D eigenvalue weighted by Gasteiger charge is 2.08. The molecule has 0 aliphatic carbocycles. The standard InChI is InChI=1S/C14H16N2OS/c1-4-16-13(7-8-15-16)14(17)6-5-12-9-10(2)18-11(12)3/h5-9H,4H2,1-3H3/b6-5+. The molecule has 0 aliphatic rings. The molecule has 0 bridgehead atoms. The van der Waals surface area contributed by atoms with Gasteiger partial charge in [0.15, 0.2) is 0 Å². The van der Waals surface area contributed by atoms with Gasteiger partial charge in [-0.25, -0.2) is 0 Å². The van der Waals surface area contributed by atoms with Gasteiger partial charge in [-0.3, -0.25) is 9.48 Å². The molecular formula is C14H16N2OS. The SMILES string of the molecule is CCn1nccc1C(=O)/C=C/c1cc(C)sc1C. The maximum Gasteiger partial charge on any atom is 0.203 e. The van der Waals surface area contributed by atoms with Crippen LogP contribution in [-0.4, -0.2) is 15.6 Å². The molecule has 0 saturated heterocycles. The molecule has 0 unspecified atom stereocenters. The topological polar surface area (TPSA) is 34.9 Å². The summed E-state index contributed by atoms with van der Waals surface area (Å²) in [6.07, 6.45) is 5.16. The minimum Gasteiger partial charge on any atom is -0.288 e. The second-order valence-electron chi connectivity index (χ2n) is 4.10. The molecule has 0 spiro atoms. The molecule has 0 amide bonds. The molecule has 4 heteroatoms. The number of nitrogens with zero attached hydrogens (tertiary/aromatic N) is 2. The van der Waals surface area contributed by atoms with E-state index < -0.39 is 0 Å². The number of carbonyl (C=O) groups excluding carboxylic acids is 1. The van der Waals surface area contributed by atoms with E-state index in [0.29, 0.717) is 12.2 Å². The molecule has 18 heavy (non-hydrogen) atoms. The summed E-state index contributed by atoms with van der Waals surface area (Å²) in [6.45, 7) is 6.82. The van der Waals surface area contributed by atoms with Gasteiger partial charge in [0, 0.05) is 22.5 Å². The Morgan fingerprint density at radius 3 is 2.89 bits per heavy atom. The summed E-state index contributed by atoms with van der Waals surface area (Å²) in [5.74, 6) is -0.00222. The number of ketones is 1. The van der Waals surface area contributed by atoms with Crippen molar-refractivity contribution >= 4 is 23.2 Å². The fraction of sp³-hybridized carbons (Fsp3) is 0.286. The van der Waals surface area contributed by atoms with Gasteiger partial charge in [0.25, 0.3) is 0 Å². The zero-order chi connectivity index (χ0) is 13.1. The van der Waals surface area contributed by atoms with Crippen molar-refractivity contribution in [1.82, 2.24) is 9.78 Å². The summed E-state index contributed by atoms with van der Waals surface area (Å²) in [6, 6.07) is 3.85. The van der Waals surface area contributed by atoms with Crippen LogP contribution in [0.3, 0.4) is 0 Å². The number of aromatic nitrogens is 2. The van der Waals surface area contributed by atoms with Gasteiger partial charge in [-0.1, -0.05) is 0 Å². The van der Waals surface area contributed by atoms with Crippen LogP contribution in [0.25, 0.3) is 6.08 Å². The molecular weight excluding hydrogens is 244 g/mol. The summed E-state index contributed by atoms with van der Waals surface area (Å²) in [5.41, 5.74) is 1.76. The molecule has 0 atom stereocenters. The predicted molar refractivity (Wildman–Crippen MR) is 75.1 cm³/mol. The van der Waals surface area contributed by atoms with Gasteiger partial charge < -0.3 is 0 Å². The molecule has 0 saturated carbocycles. The lowest BCUT2D eigenvalue weighted by Crippen LogP contribution is -2.07. The van der Waals surface area contributed by atoms with Crippen molar-refractivity contribution < 1.29 is 4.79 Å². The van der Waals surface area contributed by atoms with Crippen LogP contribution in [0.2, 0.25) is 0 Å². The van der Waals surface area contributed by atoms with Crippen LogP contribution in [0.4, 0.5) is 0 Å². The van der Waals surface area contributed by atoms with E-state index in [1.54, 1.807) is 34.4 Å². The zero-order valence-corrected chi connectivity index (χ0v) is 11.6. The molecule has 2 heterocycles. The van der Waals surface area contributed by atoms with Crippen LogP contribution in [0, 0.1) is 13.8 Å². The Hall–Kier alpha value is -1.68. The highest BCUT2D eigenvalue weighted by atomic mass is 32.1. The first-order chi connectivity index (χ1) is 8.61. The summed E-state index contributed by atoms with van der Waals surface area (Å²) < 4.78 is 1.71. The predicted octanol–water partition coefficient (Wildman–Crippen LogP) is 3.48. The minimum absolute atomic E-state index is 0.00222. The largest absolute Gasteiger partial charge is 0.288 e. The van der Waals surface area contributed by atoms with Crippen LogP contribution in [0.1, 0.15) is 32.7 Å². The molecule has 94 valence electrons. The fourth-order valence-electron chi connectivity index (χ4n) is 1.86. The van der Waals surface area contributed by atoms with Crippen LogP contribution < -0.4 is 0 Å². The second-order valence-corrected chi connectivity index (χ2v) is 5.56. The van der Waals surface area contributed by atoms with E-state index in [-0.39, 0.29) is 5.78 Å². The second kappa shape index (κ2) is 5.31. The smallest absolute Gasteiger partial charge is 0.203 e. The normalized spacial score (nSPS) is 11.3. The minimum atomic E-state index is -0.00222. The maximum absolute atomic E-state index is 12.0. The molecule has 0 aromatic carbocycles. The van der Waals surface area contributed by atoms with Crippen LogP contribution in [0.5, 0.6) is 0 Å². The lowest BCUT2D eigenvalue weighted by Gasteiger charge is -1.99. The number of hydrogen-bond acceptors (Lipinski definition) is 3. The lowest BCUT2D eigenvalue weighted by molar-refractivity contribution is 0.103. The number of rotatable bonds is 4. The third kappa shape index (κ3) is 2.59. The van der Waals surface area contributed by atoms with E-state index in [0.717, 1.165) is 5.56 Å². The van der Waals surface area contributed by atoms with Crippen molar-refractivity contribution in [2.24, 2.45) is 0 Å². The highest BCUT2D eigenvalue weighted by molar-refractivity contribution is 7.12. The first kappa shape index (κ1) is 12.8. The third-order valence-electron chi connectivity index (χ3n) is 2.76. The number of carbonyl (C=O) groups is 1. The Bertz CT molecular complexity index is 593. The average Bonchev–Trinajstić information content (AvgIpc) is 2.92. The summed E-state index contributed by atoms with van der Waals surface area (Å²) in [4.78, 5) is 14.5. The van der Waals surface area contributed by atoms with Crippen molar-refractivity contribution in [3.63, 3.8) is 0 Å². The molecule has 0 fully saturated rings. The van der Waals surface area contributed by atoms with Crippen molar-refractivity contribution in [3.8, 4) is 0 Å². The first-order valence-electron chi connectivity index (χ1n) is 5.93. The van der Waals surface area contributed by atoms with Crippen molar-refractivity contribution in [2.45, 2.75) is 27.3 Å². The lowest BCUT2D eigenvalue weighted by atomic mass is 10.2. The monoisotopic (exact) mass is 260 g/mol. The molecule has 2 aromatic heterocycles. The van der Waals surface area contributed by atoms with Gasteiger partial charge in [0.05, 0.1) is 0 Å². The first-order valence-corrected chi connectivity index (χ1v) is 6.74. The fourth-order valence-corrected chi connectivity index (χ4v) is 2.77. The van der Waals surface area contributed by atoms with E-state index in [4.69, 9.17) is 0 Å². The Morgan fingerprint density at radius 2 is 2.28 bits per heavy atom. The van der Waals surface area contributed by atoms with Crippen molar-refractivity contribution in [1.29, 1.82) is 0 Å². The van der Waals surface area contributed by atoms with Gasteiger partial charge in [0.2, 0.25) is 5.78 Å². The molecule has 0 N–H and O–H groups in total. The van der Waals surface area contributed by atoms with Gasteiger partial charge >= 0.3 is 0 Å². The van der Waals surface area contributed by atoms with Crippen LogP contribution in [0.15, 0.2) is 24.4 Å². The maximum atomic E-state index is 12.0. The van der Waals surface area contributed by atoms with Crippen molar-refractivity contribution in [3.05, 3.63) is 45.4 Å². The Balaban J connectivity index is 2.19. The van der Waals surface area contributed by atoms with E-state index in [1.807, 2.05) is 13.0 Å². The van der Waals surface area contributed by atoms with Gasteiger partial charge in [-0.2, -0.15) is 5.10 Å².